The first kappa shape index (κ1) is 15.1. The van der Waals surface area contributed by atoms with E-state index in [1.54, 1.807) is 0 Å². The number of nitrogens with one attached hydrogen (secondary N) is 1. The van der Waals surface area contributed by atoms with Crippen LogP contribution in [0.1, 0.15) is 18.4 Å². The number of aliphatic hydroxyl groups excluding tert-OH is 2. The fourth-order valence-electron chi connectivity index (χ4n) is 1.79. The van der Waals surface area contributed by atoms with Crippen molar-refractivity contribution in [3.8, 4) is 0 Å². The smallest absolute Gasteiger partial charge is 0.0818 e. The van der Waals surface area contributed by atoms with E-state index in [2.05, 4.69) is 5.32 Å². The van der Waals surface area contributed by atoms with Crippen molar-refractivity contribution in [1.29, 1.82) is 0 Å². The first-order valence-corrected chi connectivity index (χ1v) is 6.53. The molecule has 2 atom stereocenters. The van der Waals surface area contributed by atoms with Gasteiger partial charge in [-0.3, -0.25) is 0 Å². The number of hydrogen-bond donors (Lipinski definition) is 4. The van der Waals surface area contributed by atoms with Crippen molar-refractivity contribution in [3.63, 3.8) is 0 Å². The highest BCUT2D eigenvalue weighted by Crippen LogP contribution is 2.04. The molecule has 5 N–H and O–H groups in total. The predicted molar refractivity (Wildman–Crippen MR) is 73.3 cm³/mol. The number of nitrogens with two attached hydrogens (primary N) is 1. The van der Waals surface area contributed by atoms with Crippen LogP contribution in [0, 0.1) is 0 Å². The van der Waals surface area contributed by atoms with Crippen LogP contribution in [0.4, 0.5) is 0 Å². The van der Waals surface area contributed by atoms with Crippen LogP contribution in [-0.4, -0.2) is 42.1 Å². The molecule has 102 valence electrons. The molecule has 0 amide bonds. The topological polar surface area (TPSA) is 78.5 Å². The first-order chi connectivity index (χ1) is 8.74. The zero-order chi connectivity index (χ0) is 13.2. The van der Waals surface area contributed by atoms with E-state index in [4.69, 9.17) is 10.8 Å². The fraction of sp³-hybridized carbons (Fsp3) is 0.571. The van der Waals surface area contributed by atoms with Crippen molar-refractivity contribution in [2.24, 2.45) is 5.73 Å². The van der Waals surface area contributed by atoms with E-state index in [1.165, 1.54) is 0 Å². The van der Waals surface area contributed by atoms with Gasteiger partial charge in [-0.15, -0.1) is 0 Å². The van der Waals surface area contributed by atoms with Crippen molar-refractivity contribution in [2.75, 3.05) is 19.7 Å². The molecule has 0 fully saturated rings. The molecule has 0 aliphatic heterocycles. The highest BCUT2D eigenvalue weighted by Gasteiger charge is 2.14. The minimum atomic E-state index is -0.542. The lowest BCUT2D eigenvalue weighted by Crippen LogP contribution is -2.43. The molecule has 1 aromatic carbocycles. The summed E-state index contributed by atoms with van der Waals surface area (Å²) in [5.41, 5.74) is 7.10. The van der Waals surface area contributed by atoms with Gasteiger partial charge in [0.1, 0.15) is 0 Å². The van der Waals surface area contributed by atoms with Crippen LogP contribution < -0.4 is 11.1 Å². The van der Waals surface area contributed by atoms with Gasteiger partial charge in [0.15, 0.2) is 0 Å². The molecule has 0 aliphatic rings. The standard InChI is InChI=1S/C14H24N2O2/c15-13(10-12-6-2-1-3-7-12)14(18)11-16-8-4-5-9-17/h1-3,6-7,13-14,16-18H,4-5,8-11,15H2/t13-,14+/m0/s1. The van der Waals surface area contributed by atoms with Crippen LogP contribution in [0.3, 0.4) is 0 Å². The monoisotopic (exact) mass is 252 g/mol. The maximum absolute atomic E-state index is 9.90. The van der Waals surface area contributed by atoms with Crippen LogP contribution >= 0.6 is 0 Å². The molecule has 1 aromatic rings. The molecule has 0 unspecified atom stereocenters. The van der Waals surface area contributed by atoms with Crippen molar-refractivity contribution in [3.05, 3.63) is 35.9 Å². The third-order valence-electron chi connectivity index (χ3n) is 2.92. The van der Waals surface area contributed by atoms with Crippen LogP contribution in [0.2, 0.25) is 0 Å². The highest BCUT2D eigenvalue weighted by molar-refractivity contribution is 5.16. The SMILES string of the molecule is N[C@@H](Cc1ccccc1)[C@H](O)CNCCCCO. The van der Waals surface area contributed by atoms with Gasteiger partial charge in [-0.2, -0.15) is 0 Å². The van der Waals surface area contributed by atoms with Gasteiger partial charge in [0, 0.05) is 19.2 Å². The summed E-state index contributed by atoms with van der Waals surface area (Å²) in [5.74, 6) is 0. The second-order valence-electron chi connectivity index (χ2n) is 4.56. The third kappa shape index (κ3) is 6.12. The number of unbranched alkanes of at least 4 members (excludes halogenated alkanes) is 1. The minimum absolute atomic E-state index is 0.220. The molecule has 0 aromatic heterocycles. The summed E-state index contributed by atoms with van der Waals surface area (Å²) in [6, 6.07) is 9.69. The van der Waals surface area contributed by atoms with Gasteiger partial charge in [-0.05, 0) is 31.4 Å². The molecule has 4 heteroatoms. The van der Waals surface area contributed by atoms with E-state index in [9.17, 15) is 5.11 Å². The zero-order valence-electron chi connectivity index (χ0n) is 10.8. The summed E-state index contributed by atoms with van der Waals surface area (Å²) < 4.78 is 0. The Bertz CT molecular complexity index is 306. The highest BCUT2D eigenvalue weighted by atomic mass is 16.3. The Kier molecular flexibility index (Phi) is 7.60. The lowest BCUT2D eigenvalue weighted by molar-refractivity contribution is 0.141. The minimum Gasteiger partial charge on any atom is -0.396 e. The molecule has 4 nitrogen and oxygen atoms in total. The van der Waals surface area contributed by atoms with E-state index in [0.717, 1.165) is 24.9 Å². The molecule has 0 heterocycles. The molecule has 0 bridgehead atoms. The average molecular weight is 252 g/mol. The van der Waals surface area contributed by atoms with E-state index >= 15 is 0 Å². The summed E-state index contributed by atoms with van der Waals surface area (Å²) in [6.45, 7) is 1.52. The summed E-state index contributed by atoms with van der Waals surface area (Å²) in [7, 11) is 0. The molecule has 0 saturated heterocycles. The van der Waals surface area contributed by atoms with Crippen LogP contribution in [0.15, 0.2) is 30.3 Å². The van der Waals surface area contributed by atoms with E-state index in [-0.39, 0.29) is 12.6 Å². The second-order valence-corrected chi connectivity index (χ2v) is 4.56. The van der Waals surface area contributed by atoms with Gasteiger partial charge in [0.05, 0.1) is 6.10 Å². The molecule has 0 aliphatic carbocycles. The molecule has 0 saturated carbocycles. The molecular formula is C14H24N2O2. The maximum Gasteiger partial charge on any atom is 0.0818 e. The molecule has 0 radical (unpaired) electrons. The summed E-state index contributed by atoms with van der Waals surface area (Å²) >= 11 is 0. The van der Waals surface area contributed by atoms with E-state index in [1.807, 2.05) is 30.3 Å². The van der Waals surface area contributed by atoms with Gasteiger partial charge in [0.25, 0.3) is 0 Å². The number of benzene rings is 1. The quantitative estimate of drug-likeness (QED) is 0.476. The fourth-order valence-corrected chi connectivity index (χ4v) is 1.79. The average Bonchev–Trinajstić information content (AvgIpc) is 2.39. The molecule has 18 heavy (non-hydrogen) atoms. The van der Waals surface area contributed by atoms with Gasteiger partial charge in [0.2, 0.25) is 0 Å². The van der Waals surface area contributed by atoms with Crippen LogP contribution in [0.5, 0.6) is 0 Å². The van der Waals surface area contributed by atoms with Gasteiger partial charge in [-0.25, -0.2) is 0 Å². The largest absolute Gasteiger partial charge is 0.396 e. The Morgan fingerprint density at radius 2 is 1.89 bits per heavy atom. The summed E-state index contributed by atoms with van der Waals surface area (Å²) in [4.78, 5) is 0. The summed E-state index contributed by atoms with van der Waals surface area (Å²) in [6.07, 6.45) is 1.84. The van der Waals surface area contributed by atoms with E-state index < -0.39 is 6.10 Å². The van der Waals surface area contributed by atoms with Crippen molar-refractivity contribution in [2.45, 2.75) is 31.4 Å². The first-order valence-electron chi connectivity index (χ1n) is 6.53. The van der Waals surface area contributed by atoms with Crippen molar-refractivity contribution >= 4 is 0 Å². The molecule has 0 spiro atoms. The van der Waals surface area contributed by atoms with Gasteiger partial charge in [-0.1, -0.05) is 30.3 Å². The lowest BCUT2D eigenvalue weighted by atomic mass is 10.0. The van der Waals surface area contributed by atoms with Crippen LogP contribution in [0.25, 0.3) is 0 Å². The maximum atomic E-state index is 9.90. The number of rotatable bonds is 9. The van der Waals surface area contributed by atoms with Gasteiger partial charge >= 0.3 is 0 Å². The Labute approximate surface area is 109 Å². The van der Waals surface area contributed by atoms with Crippen LogP contribution in [-0.2, 0) is 6.42 Å². The number of aliphatic hydroxyl groups is 2. The molecular weight excluding hydrogens is 228 g/mol. The molecule has 1 rings (SSSR count). The Morgan fingerprint density at radius 3 is 2.56 bits per heavy atom. The summed E-state index contributed by atoms with van der Waals surface area (Å²) in [5, 5.41) is 21.7. The van der Waals surface area contributed by atoms with Crippen molar-refractivity contribution in [1.82, 2.24) is 5.32 Å². The normalized spacial score (nSPS) is 14.4. The van der Waals surface area contributed by atoms with Crippen molar-refractivity contribution < 1.29 is 10.2 Å². The lowest BCUT2D eigenvalue weighted by Gasteiger charge is -2.19. The third-order valence-corrected chi connectivity index (χ3v) is 2.92. The zero-order valence-corrected chi connectivity index (χ0v) is 10.8. The Balaban J connectivity index is 2.18. The second kappa shape index (κ2) is 9.05. The Hall–Kier alpha value is -0.940. The number of hydrogen-bond acceptors (Lipinski definition) is 4. The predicted octanol–water partition coefficient (Wildman–Crippen LogP) is 0.279. The van der Waals surface area contributed by atoms with E-state index in [0.29, 0.717) is 13.0 Å². The van der Waals surface area contributed by atoms with Gasteiger partial charge < -0.3 is 21.3 Å². The Morgan fingerprint density at radius 1 is 1.17 bits per heavy atom.